The molecule has 2 aliphatic heterocycles. The standard InChI is InChI=1S/C25H23N3O4S/c1-3-7-18-14-17(15-20-23(26)28-10-13-33-25(28)27-24(20)29)16-21(30-2)22(18)32-12-11-31-19-8-5-4-6-9-19/h3-6,8-10,13-16,26H,1,7,11-12H2,2H3. The van der Waals surface area contributed by atoms with Crippen molar-refractivity contribution in [1.29, 1.82) is 5.41 Å². The monoisotopic (exact) mass is 461 g/mol. The molecule has 0 saturated heterocycles. The third kappa shape index (κ3) is 5.01. The van der Waals surface area contributed by atoms with E-state index in [0.29, 0.717) is 41.9 Å². The Labute approximate surface area is 196 Å². The molecular weight excluding hydrogens is 438 g/mol. The quantitative estimate of drug-likeness (QED) is 0.332. The molecule has 4 rings (SSSR count). The van der Waals surface area contributed by atoms with Gasteiger partial charge in [-0.15, -0.1) is 6.58 Å². The fourth-order valence-electron chi connectivity index (χ4n) is 3.41. The second kappa shape index (κ2) is 10.2. The summed E-state index contributed by atoms with van der Waals surface area (Å²) in [5.74, 6) is 1.55. The number of hydrogen-bond acceptors (Lipinski definition) is 6. The first-order valence-corrected chi connectivity index (χ1v) is 11.2. The summed E-state index contributed by atoms with van der Waals surface area (Å²) >= 11 is 1.32. The number of nitrogens with one attached hydrogen (secondary N) is 1. The predicted molar refractivity (Wildman–Crippen MR) is 131 cm³/mol. The Hall–Kier alpha value is -3.78. The number of ether oxygens (including phenoxy) is 3. The Balaban J connectivity index is 1.56. The van der Waals surface area contributed by atoms with Gasteiger partial charge in [0.05, 0.1) is 12.7 Å². The van der Waals surface area contributed by atoms with Gasteiger partial charge in [0.25, 0.3) is 5.91 Å². The van der Waals surface area contributed by atoms with E-state index < -0.39 is 5.91 Å². The van der Waals surface area contributed by atoms with E-state index in [1.807, 2.05) is 36.4 Å². The van der Waals surface area contributed by atoms with Gasteiger partial charge in [-0.25, -0.2) is 0 Å². The van der Waals surface area contributed by atoms with Gasteiger partial charge in [0.2, 0.25) is 0 Å². The number of carbonyl (C=O) groups is 1. The molecule has 8 heteroatoms. The molecule has 168 valence electrons. The zero-order chi connectivity index (χ0) is 23.2. The summed E-state index contributed by atoms with van der Waals surface area (Å²) in [6.45, 7) is 4.54. The van der Waals surface area contributed by atoms with Gasteiger partial charge < -0.3 is 14.2 Å². The third-order valence-electron chi connectivity index (χ3n) is 4.90. The van der Waals surface area contributed by atoms with E-state index in [9.17, 15) is 4.79 Å². The van der Waals surface area contributed by atoms with Gasteiger partial charge in [-0.1, -0.05) is 36.0 Å². The Kier molecular flexibility index (Phi) is 6.95. The molecule has 0 spiro atoms. The van der Waals surface area contributed by atoms with Gasteiger partial charge >= 0.3 is 0 Å². The highest BCUT2D eigenvalue weighted by Crippen LogP contribution is 2.35. The fourth-order valence-corrected chi connectivity index (χ4v) is 4.11. The number of hydrogen-bond donors (Lipinski definition) is 1. The Morgan fingerprint density at radius 3 is 2.73 bits per heavy atom. The molecule has 2 aromatic carbocycles. The Morgan fingerprint density at radius 2 is 1.97 bits per heavy atom. The number of methoxy groups -OCH3 is 1. The van der Waals surface area contributed by atoms with Crippen molar-refractivity contribution < 1.29 is 19.0 Å². The number of aliphatic imine (C=N–C) groups is 1. The average Bonchev–Trinajstić information content (AvgIpc) is 3.29. The summed E-state index contributed by atoms with van der Waals surface area (Å²) < 4.78 is 17.3. The molecule has 0 unspecified atom stereocenters. The van der Waals surface area contributed by atoms with Gasteiger partial charge in [-0.05, 0) is 47.7 Å². The first kappa shape index (κ1) is 22.4. The number of rotatable bonds is 9. The minimum absolute atomic E-state index is 0.0916. The number of fused-ring (bicyclic) bond motifs is 1. The average molecular weight is 462 g/mol. The normalized spacial score (nSPS) is 16.0. The van der Waals surface area contributed by atoms with E-state index in [1.54, 1.807) is 41.8 Å². The van der Waals surface area contributed by atoms with Crippen molar-refractivity contribution >= 4 is 34.7 Å². The molecule has 2 aromatic rings. The van der Waals surface area contributed by atoms with Crippen LogP contribution in [0, 0.1) is 5.41 Å². The van der Waals surface area contributed by atoms with Crippen LogP contribution < -0.4 is 14.2 Å². The molecule has 0 atom stereocenters. The van der Waals surface area contributed by atoms with Crippen LogP contribution in [0.5, 0.6) is 17.2 Å². The van der Waals surface area contributed by atoms with Crippen molar-refractivity contribution in [1.82, 2.24) is 4.90 Å². The lowest BCUT2D eigenvalue weighted by Crippen LogP contribution is -2.35. The summed E-state index contributed by atoms with van der Waals surface area (Å²) in [7, 11) is 1.56. The van der Waals surface area contributed by atoms with Crippen LogP contribution in [0.15, 0.2) is 77.3 Å². The first-order chi connectivity index (χ1) is 16.1. The SMILES string of the molecule is C=CCc1cc(C=C2C(=N)N3C=CSC3=NC2=O)cc(OC)c1OCCOc1ccccc1. The van der Waals surface area contributed by atoms with Crippen LogP contribution in [0.3, 0.4) is 0 Å². The minimum Gasteiger partial charge on any atom is -0.493 e. The molecule has 2 heterocycles. The third-order valence-corrected chi connectivity index (χ3v) is 5.66. The molecule has 1 amide bonds. The summed E-state index contributed by atoms with van der Waals surface area (Å²) in [5, 5.41) is 10.7. The van der Waals surface area contributed by atoms with Gasteiger partial charge in [0, 0.05) is 11.8 Å². The lowest BCUT2D eigenvalue weighted by atomic mass is 10.0. The lowest BCUT2D eigenvalue weighted by Gasteiger charge is -2.22. The van der Waals surface area contributed by atoms with Crippen LogP contribution >= 0.6 is 11.8 Å². The van der Waals surface area contributed by atoms with Gasteiger partial charge in [0.1, 0.15) is 24.8 Å². The second-order valence-electron chi connectivity index (χ2n) is 7.09. The van der Waals surface area contributed by atoms with E-state index in [0.717, 1.165) is 11.3 Å². The molecule has 33 heavy (non-hydrogen) atoms. The second-order valence-corrected chi connectivity index (χ2v) is 7.97. The van der Waals surface area contributed by atoms with Crippen LogP contribution in [0.4, 0.5) is 0 Å². The molecule has 0 aromatic heterocycles. The van der Waals surface area contributed by atoms with Gasteiger partial charge in [-0.2, -0.15) is 4.99 Å². The fraction of sp³-hybridized carbons (Fsp3) is 0.160. The molecule has 0 bridgehead atoms. The number of amides is 1. The Morgan fingerprint density at radius 1 is 1.18 bits per heavy atom. The molecule has 7 nitrogen and oxygen atoms in total. The largest absolute Gasteiger partial charge is 0.493 e. The molecule has 0 fully saturated rings. The summed E-state index contributed by atoms with van der Waals surface area (Å²) in [6, 6.07) is 13.2. The van der Waals surface area contributed by atoms with Gasteiger partial charge in [-0.3, -0.25) is 15.1 Å². The molecule has 0 radical (unpaired) electrons. The van der Waals surface area contributed by atoms with Crippen molar-refractivity contribution in [2.45, 2.75) is 6.42 Å². The van der Waals surface area contributed by atoms with E-state index in [2.05, 4.69) is 11.6 Å². The van der Waals surface area contributed by atoms with Crippen LogP contribution in [0.2, 0.25) is 0 Å². The van der Waals surface area contributed by atoms with Gasteiger partial charge in [0.15, 0.2) is 16.7 Å². The van der Waals surface area contributed by atoms with E-state index in [4.69, 9.17) is 19.6 Å². The van der Waals surface area contributed by atoms with Crippen molar-refractivity contribution in [3.05, 3.63) is 83.4 Å². The molecule has 2 aliphatic rings. The predicted octanol–water partition coefficient (Wildman–Crippen LogP) is 4.66. The maximum Gasteiger partial charge on any atom is 0.283 e. The molecule has 0 saturated carbocycles. The highest BCUT2D eigenvalue weighted by molar-refractivity contribution is 8.16. The topological polar surface area (TPSA) is 84.2 Å². The summed E-state index contributed by atoms with van der Waals surface area (Å²) in [4.78, 5) is 18.2. The van der Waals surface area contributed by atoms with Crippen LogP contribution in [0.1, 0.15) is 11.1 Å². The zero-order valence-corrected chi connectivity index (χ0v) is 18.9. The number of carbonyl (C=O) groups excluding carboxylic acids is 1. The van der Waals surface area contributed by atoms with E-state index >= 15 is 0 Å². The summed E-state index contributed by atoms with van der Waals surface area (Å²) in [6.07, 6.45) is 5.70. The number of amidine groups is 2. The van der Waals surface area contributed by atoms with Crippen molar-refractivity contribution in [2.24, 2.45) is 4.99 Å². The maximum absolute atomic E-state index is 12.5. The number of allylic oxidation sites excluding steroid dienone is 1. The highest BCUT2D eigenvalue weighted by atomic mass is 32.2. The van der Waals surface area contributed by atoms with Crippen molar-refractivity contribution in [3.8, 4) is 17.2 Å². The molecular formula is C25H23N3O4S. The zero-order valence-electron chi connectivity index (χ0n) is 18.1. The van der Waals surface area contributed by atoms with Crippen molar-refractivity contribution in [2.75, 3.05) is 20.3 Å². The first-order valence-electron chi connectivity index (χ1n) is 10.3. The molecule has 0 aliphatic carbocycles. The summed E-state index contributed by atoms with van der Waals surface area (Å²) in [5.41, 5.74) is 1.77. The Bertz CT molecular complexity index is 1170. The van der Waals surface area contributed by atoms with Crippen LogP contribution in [-0.2, 0) is 11.2 Å². The number of para-hydroxylation sites is 1. The molecule has 1 N–H and O–H groups in total. The number of thioether (sulfide) groups is 1. The highest BCUT2D eigenvalue weighted by Gasteiger charge is 2.31. The number of nitrogens with zero attached hydrogens (tertiary/aromatic N) is 2. The smallest absolute Gasteiger partial charge is 0.283 e. The minimum atomic E-state index is -0.440. The van der Waals surface area contributed by atoms with E-state index in [-0.39, 0.29) is 11.4 Å². The number of benzene rings is 2. The van der Waals surface area contributed by atoms with Crippen LogP contribution in [-0.4, -0.2) is 42.1 Å². The lowest BCUT2D eigenvalue weighted by molar-refractivity contribution is -0.114. The van der Waals surface area contributed by atoms with Crippen LogP contribution in [0.25, 0.3) is 6.08 Å². The van der Waals surface area contributed by atoms with Crippen molar-refractivity contribution in [3.63, 3.8) is 0 Å². The van der Waals surface area contributed by atoms with E-state index in [1.165, 1.54) is 11.8 Å². The maximum atomic E-state index is 12.5.